The van der Waals surface area contributed by atoms with Gasteiger partial charge in [-0.3, -0.25) is 4.79 Å². The predicted molar refractivity (Wildman–Crippen MR) is 68.0 cm³/mol. The van der Waals surface area contributed by atoms with Crippen LogP contribution in [0.4, 0.5) is 4.39 Å². The van der Waals surface area contributed by atoms with Crippen LogP contribution in [0, 0.1) is 5.82 Å². The molecule has 0 saturated carbocycles. The minimum Gasteiger partial charge on any atom is -0.381 e. The Bertz CT molecular complexity index is 454. The Labute approximate surface area is 111 Å². The van der Waals surface area contributed by atoms with Crippen molar-refractivity contribution in [2.45, 2.75) is 25.6 Å². The van der Waals surface area contributed by atoms with E-state index in [9.17, 15) is 14.3 Å². The Morgan fingerprint density at radius 1 is 1.47 bits per heavy atom. The van der Waals surface area contributed by atoms with Crippen molar-refractivity contribution >= 4 is 5.91 Å². The maximum absolute atomic E-state index is 12.8. The molecule has 2 rings (SSSR count). The highest BCUT2D eigenvalue weighted by molar-refractivity contribution is 5.81. The molecule has 1 aliphatic rings. The van der Waals surface area contributed by atoms with Gasteiger partial charge in [0.15, 0.2) is 0 Å². The van der Waals surface area contributed by atoms with Crippen LogP contribution in [0.15, 0.2) is 24.3 Å². The van der Waals surface area contributed by atoms with Gasteiger partial charge in [-0.2, -0.15) is 0 Å². The van der Waals surface area contributed by atoms with Gasteiger partial charge in [-0.05, 0) is 31.5 Å². The first kappa shape index (κ1) is 14.0. The van der Waals surface area contributed by atoms with Gasteiger partial charge in [-0.25, -0.2) is 4.39 Å². The largest absolute Gasteiger partial charge is 0.381 e. The van der Waals surface area contributed by atoms with Crippen molar-refractivity contribution < 1.29 is 19.0 Å². The van der Waals surface area contributed by atoms with Crippen molar-refractivity contribution in [3.8, 4) is 0 Å². The van der Waals surface area contributed by atoms with Crippen LogP contribution in [0.5, 0.6) is 0 Å². The van der Waals surface area contributed by atoms with Gasteiger partial charge in [0.1, 0.15) is 17.5 Å². The second-order valence-electron chi connectivity index (χ2n) is 4.83. The number of benzene rings is 1. The number of carbonyl (C=O) groups is 1. The number of carbonyl (C=O) groups excluding carboxylic acids is 1. The molecular formula is C14H18FNO3. The topological polar surface area (TPSA) is 49.8 Å². The van der Waals surface area contributed by atoms with Crippen LogP contribution in [0.2, 0.25) is 0 Å². The number of β-amino-alcohol motifs (C(OH)–C–C–N with tert-alkyl or cyclic N) is 1. The van der Waals surface area contributed by atoms with Gasteiger partial charge in [0.05, 0.1) is 13.1 Å². The van der Waals surface area contributed by atoms with Crippen molar-refractivity contribution in [1.82, 2.24) is 4.90 Å². The summed E-state index contributed by atoms with van der Waals surface area (Å²) in [4.78, 5) is 13.5. The van der Waals surface area contributed by atoms with Gasteiger partial charge >= 0.3 is 0 Å². The van der Waals surface area contributed by atoms with E-state index >= 15 is 0 Å². The standard InChI is InChI=1S/C14H18FNO3/c1-3-19-10(2)13(17)16-8-14(18,9-16)11-4-6-12(15)7-5-11/h4-7,10,18H,3,8-9H2,1-2H3/t10-/m1/s1. The summed E-state index contributed by atoms with van der Waals surface area (Å²) in [5.41, 5.74) is -0.447. The number of likely N-dealkylation sites (tertiary alicyclic amines) is 1. The first-order valence-corrected chi connectivity index (χ1v) is 6.35. The molecule has 1 fully saturated rings. The van der Waals surface area contributed by atoms with E-state index in [1.54, 1.807) is 24.0 Å². The van der Waals surface area contributed by atoms with Gasteiger partial charge < -0.3 is 14.7 Å². The van der Waals surface area contributed by atoms with E-state index in [1.807, 2.05) is 6.92 Å². The van der Waals surface area contributed by atoms with Crippen LogP contribution in [-0.2, 0) is 15.1 Å². The number of ether oxygens (including phenoxy) is 1. The number of nitrogens with zero attached hydrogens (tertiary/aromatic N) is 1. The van der Waals surface area contributed by atoms with E-state index in [1.165, 1.54) is 12.1 Å². The molecule has 0 spiro atoms. The third-order valence-electron chi connectivity index (χ3n) is 3.36. The minimum absolute atomic E-state index is 0.131. The summed E-state index contributed by atoms with van der Waals surface area (Å²) in [6.07, 6.45) is -0.497. The smallest absolute Gasteiger partial charge is 0.251 e. The molecule has 0 unspecified atom stereocenters. The molecule has 1 heterocycles. The van der Waals surface area contributed by atoms with Crippen LogP contribution >= 0.6 is 0 Å². The molecule has 19 heavy (non-hydrogen) atoms. The third-order valence-corrected chi connectivity index (χ3v) is 3.36. The second-order valence-corrected chi connectivity index (χ2v) is 4.83. The molecule has 1 N–H and O–H groups in total. The highest BCUT2D eigenvalue weighted by Crippen LogP contribution is 2.32. The molecule has 1 atom stereocenters. The summed E-state index contributed by atoms with van der Waals surface area (Å²) in [7, 11) is 0. The molecular weight excluding hydrogens is 249 g/mol. The van der Waals surface area contributed by atoms with E-state index in [0.29, 0.717) is 12.2 Å². The molecule has 4 nitrogen and oxygen atoms in total. The summed E-state index contributed by atoms with van der Waals surface area (Å²) in [6, 6.07) is 5.70. The molecule has 0 radical (unpaired) electrons. The number of amides is 1. The Kier molecular flexibility index (Phi) is 3.87. The molecule has 1 aromatic rings. The number of hydrogen-bond donors (Lipinski definition) is 1. The number of hydrogen-bond acceptors (Lipinski definition) is 3. The minimum atomic E-state index is -1.07. The monoisotopic (exact) mass is 267 g/mol. The Morgan fingerprint density at radius 3 is 2.58 bits per heavy atom. The fraction of sp³-hybridized carbons (Fsp3) is 0.500. The number of halogens is 1. The van der Waals surface area contributed by atoms with Crippen LogP contribution < -0.4 is 0 Å². The third kappa shape index (κ3) is 2.77. The number of rotatable bonds is 4. The summed E-state index contributed by atoms with van der Waals surface area (Å²) in [5, 5.41) is 10.3. The lowest BCUT2D eigenvalue weighted by Gasteiger charge is -2.47. The zero-order valence-electron chi connectivity index (χ0n) is 11.1. The second kappa shape index (κ2) is 5.27. The fourth-order valence-electron chi connectivity index (χ4n) is 2.26. The summed E-state index contributed by atoms with van der Waals surface area (Å²) < 4.78 is 18.1. The first-order valence-electron chi connectivity index (χ1n) is 6.35. The summed E-state index contributed by atoms with van der Waals surface area (Å²) in [5.74, 6) is -0.474. The lowest BCUT2D eigenvalue weighted by atomic mass is 9.86. The molecule has 5 heteroatoms. The normalized spacial score (nSPS) is 18.8. The SMILES string of the molecule is CCO[C@H](C)C(=O)N1CC(O)(c2ccc(F)cc2)C1. The van der Waals surface area contributed by atoms with E-state index < -0.39 is 11.7 Å². The zero-order chi connectivity index (χ0) is 14.0. The maximum Gasteiger partial charge on any atom is 0.251 e. The quantitative estimate of drug-likeness (QED) is 0.894. The Hall–Kier alpha value is -1.46. The van der Waals surface area contributed by atoms with Crippen molar-refractivity contribution in [1.29, 1.82) is 0 Å². The van der Waals surface area contributed by atoms with Crippen LogP contribution in [0.1, 0.15) is 19.4 Å². The van der Waals surface area contributed by atoms with Crippen LogP contribution in [0.3, 0.4) is 0 Å². The predicted octanol–water partition coefficient (Wildman–Crippen LogP) is 1.28. The molecule has 0 aliphatic carbocycles. The maximum atomic E-state index is 12.8. The zero-order valence-corrected chi connectivity index (χ0v) is 11.1. The van der Waals surface area contributed by atoms with Gasteiger partial charge in [0.25, 0.3) is 5.91 Å². The van der Waals surface area contributed by atoms with E-state index in [4.69, 9.17) is 4.74 Å². The highest BCUT2D eigenvalue weighted by Gasteiger charge is 2.45. The number of aliphatic hydroxyl groups is 1. The molecule has 0 bridgehead atoms. The van der Waals surface area contributed by atoms with E-state index in [2.05, 4.69) is 0 Å². The van der Waals surface area contributed by atoms with Crippen molar-refractivity contribution in [2.24, 2.45) is 0 Å². The van der Waals surface area contributed by atoms with E-state index in [-0.39, 0.29) is 24.8 Å². The lowest BCUT2D eigenvalue weighted by Crippen LogP contribution is -2.63. The highest BCUT2D eigenvalue weighted by atomic mass is 19.1. The fourth-order valence-corrected chi connectivity index (χ4v) is 2.26. The van der Waals surface area contributed by atoms with Crippen molar-refractivity contribution in [3.05, 3.63) is 35.6 Å². The van der Waals surface area contributed by atoms with Crippen LogP contribution in [-0.4, -0.2) is 41.7 Å². The molecule has 104 valence electrons. The van der Waals surface area contributed by atoms with Gasteiger partial charge in [-0.1, -0.05) is 12.1 Å². The average Bonchev–Trinajstić information content (AvgIpc) is 2.35. The van der Waals surface area contributed by atoms with Gasteiger partial charge in [-0.15, -0.1) is 0 Å². The molecule has 1 saturated heterocycles. The Morgan fingerprint density at radius 2 is 2.05 bits per heavy atom. The molecule has 1 aliphatic heterocycles. The summed E-state index contributed by atoms with van der Waals surface area (Å²) >= 11 is 0. The average molecular weight is 267 g/mol. The van der Waals surface area contributed by atoms with E-state index in [0.717, 1.165) is 0 Å². The first-order chi connectivity index (χ1) is 8.96. The van der Waals surface area contributed by atoms with Gasteiger partial charge in [0, 0.05) is 6.61 Å². The lowest BCUT2D eigenvalue weighted by molar-refractivity contribution is -0.167. The van der Waals surface area contributed by atoms with Crippen molar-refractivity contribution in [3.63, 3.8) is 0 Å². The Balaban J connectivity index is 1.97. The molecule has 1 amide bonds. The summed E-state index contributed by atoms with van der Waals surface area (Å²) in [6.45, 7) is 4.43. The van der Waals surface area contributed by atoms with Crippen molar-refractivity contribution in [2.75, 3.05) is 19.7 Å². The van der Waals surface area contributed by atoms with Gasteiger partial charge in [0.2, 0.25) is 0 Å². The molecule has 1 aromatic carbocycles. The van der Waals surface area contributed by atoms with Crippen LogP contribution in [0.25, 0.3) is 0 Å². The molecule has 0 aromatic heterocycles.